The van der Waals surface area contributed by atoms with Crippen molar-refractivity contribution in [1.29, 1.82) is 0 Å². The Morgan fingerprint density at radius 3 is 2.38 bits per heavy atom. The number of hydrogen-bond acceptors (Lipinski definition) is 4. The molecule has 0 unspecified atom stereocenters. The molecule has 0 radical (unpaired) electrons. The summed E-state index contributed by atoms with van der Waals surface area (Å²) in [6.07, 6.45) is 1.57. The Bertz CT molecular complexity index is 1040. The first-order valence-corrected chi connectivity index (χ1v) is 10.8. The van der Waals surface area contributed by atoms with Crippen LogP contribution in [-0.4, -0.2) is 51.5 Å². The number of fused-ring (bicyclic) bond motifs is 1. The number of likely N-dealkylation sites (N-methyl/N-ethyl adjacent to an activating group) is 1. The van der Waals surface area contributed by atoms with Gasteiger partial charge in [-0.05, 0) is 43.4 Å². The van der Waals surface area contributed by atoms with E-state index < -0.39 is 9.84 Å². The zero-order valence-electron chi connectivity index (χ0n) is 14.4. The Kier molecular flexibility index (Phi) is 4.54. The van der Waals surface area contributed by atoms with Crippen LogP contribution in [0.15, 0.2) is 62.9 Å². The van der Waals surface area contributed by atoms with Crippen molar-refractivity contribution in [3.8, 4) is 0 Å². The standard InChI is InChI=1S/C19H20BrN3O2S/c1-22-9-11-23(12-10-22)14-5-7-15(8-6-14)26(24,25)18-13-21-17-4-2-3-16(20)19(17)18/h2-8,13,21H,9-12H2,1H3. The Morgan fingerprint density at radius 1 is 1.00 bits per heavy atom. The maximum atomic E-state index is 13.1. The number of piperazine rings is 1. The third kappa shape index (κ3) is 3.04. The summed E-state index contributed by atoms with van der Waals surface area (Å²) in [6.45, 7) is 3.95. The maximum absolute atomic E-state index is 13.1. The molecule has 1 N–H and O–H groups in total. The summed E-state index contributed by atoms with van der Waals surface area (Å²) in [5.74, 6) is 0. The number of rotatable bonds is 3. The van der Waals surface area contributed by atoms with E-state index in [0.29, 0.717) is 15.2 Å². The zero-order valence-corrected chi connectivity index (χ0v) is 16.8. The topological polar surface area (TPSA) is 56.4 Å². The molecule has 0 amide bonds. The van der Waals surface area contributed by atoms with E-state index in [2.05, 4.69) is 37.8 Å². The Balaban J connectivity index is 1.68. The molecule has 1 fully saturated rings. The van der Waals surface area contributed by atoms with Gasteiger partial charge < -0.3 is 14.8 Å². The van der Waals surface area contributed by atoms with Gasteiger partial charge in [0.2, 0.25) is 9.84 Å². The predicted molar refractivity (Wildman–Crippen MR) is 108 cm³/mol. The lowest BCUT2D eigenvalue weighted by molar-refractivity contribution is 0.313. The molecule has 4 rings (SSSR count). The quantitative estimate of drug-likeness (QED) is 0.686. The van der Waals surface area contributed by atoms with Gasteiger partial charge in [0.25, 0.3) is 0 Å². The monoisotopic (exact) mass is 433 g/mol. The molecule has 7 heteroatoms. The van der Waals surface area contributed by atoms with Gasteiger partial charge >= 0.3 is 0 Å². The van der Waals surface area contributed by atoms with Crippen molar-refractivity contribution in [2.75, 3.05) is 38.1 Å². The second-order valence-corrected chi connectivity index (χ2v) is 9.38. The van der Waals surface area contributed by atoms with Gasteiger partial charge in [-0.1, -0.05) is 22.0 Å². The van der Waals surface area contributed by atoms with Crippen LogP contribution in [0.3, 0.4) is 0 Å². The summed E-state index contributed by atoms with van der Waals surface area (Å²) in [7, 11) is -1.47. The van der Waals surface area contributed by atoms with Gasteiger partial charge in [0.1, 0.15) is 0 Å². The molecule has 0 aliphatic carbocycles. The number of hydrogen-bond donors (Lipinski definition) is 1. The first-order chi connectivity index (χ1) is 12.5. The zero-order chi connectivity index (χ0) is 18.3. The summed E-state index contributed by atoms with van der Waals surface area (Å²) >= 11 is 3.47. The minimum absolute atomic E-state index is 0.298. The molecular formula is C19H20BrN3O2S. The van der Waals surface area contributed by atoms with E-state index in [1.165, 1.54) is 0 Å². The van der Waals surface area contributed by atoms with Gasteiger partial charge in [0.05, 0.1) is 9.79 Å². The lowest BCUT2D eigenvalue weighted by Gasteiger charge is -2.34. The highest BCUT2D eigenvalue weighted by molar-refractivity contribution is 9.10. The van der Waals surface area contributed by atoms with Crippen molar-refractivity contribution in [3.05, 3.63) is 53.1 Å². The van der Waals surface area contributed by atoms with Gasteiger partial charge in [0, 0.05) is 53.4 Å². The molecule has 0 atom stereocenters. The molecule has 136 valence electrons. The number of aromatic amines is 1. The van der Waals surface area contributed by atoms with Gasteiger partial charge in [-0.2, -0.15) is 0 Å². The highest BCUT2D eigenvalue weighted by Gasteiger charge is 2.23. The van der Waals surface area contributed by atoms with Crippen LogP contribution < -0.4 is 4.90 Å². The molecule has 0 bridgehead atoms. The van der Waals surface area contributed by atoms with Gasteiger partial charge in [-0.15, -0.1) is 0 Å². The number of benzene rings is 2. The summed E-state index contributed by atoms with van der Waals surface area (Å²) in [4.78, 5) is 8.25. The van der Waals surface area contributed by atoms with E-state index >= 15 is 0 Å². The highest BCUT2D eigenvalue weighted by atomic mass is 79.9. The second kappa shape index (κ2) is 6.72. The van der Waals surface area contributed by atoms with E-state index in [9.17, 15) is 8.42 Å². The van der Waals surface area contributed by atoms with Crippen LogP contribution in [0.25, 0.3) is 10.9 Å². The molecule has 1 aliphatic rings. The number of H-pyrrole nitrogens is 1. The first-order valence-electron chi connectivity index (χ1n) is 8.51. The molecule has 2 heterocycles. The average molecular weight is 434 g/mol. The largest absolute Gasteiger partial charge is 0.369 e. The van der Waals surface area contributed by atoms with Crippen LogP contribution in [0.4, 0.5) is 5.69 Å². The number of aromatic nitrogens is 1. The fourth-order valence-electron chi connectivity index (χ4n) is 3.35. The maximum Gasteiger partial charge on any atom is 0.208 e. The summed E-state index contributed by atoms with van der Waals surface area (Å²) in [6, 6.07) is 12.8. The van der Waals surface area contributed by atoms with Crippen molar-refractivity contribution in [2.24, 2.45) is 0 Å². The predicted octanol–water partition coefficient (Wildman–Crippen LogP) is 3.52. The first kappa shape index (κ1) is 17.6. The summed E-state index contributed by atoms with van der Waals surface area (Å²) < 4.78 is 27.0. The molecular weight excluding hydrogens is 414 g/mol. The van der Waals surface area contributed by atoms with Crippen LogP contribution in [0, 0.1) is 0 Å². The Hall–Kier alpha value is -1.83. The van der Waals surface area contributed by atoms with Crippen LogP contribution in [0.5, 0.6) is 0 Å². The normalized spacial score (nSPS) is 16.3. The number of halogens is 1. The third-order valence-corrected chi connectivity index (χ3v) is 7.38. The number of nitrogens with one attached hydrogen (secondary N) is 1. The Morgan fingerprint density at radius 2 is 1.69 bits per heavy atom. The second-order valence-electron chi connectivity index (χ2n) is 6.60. The molecule has 0 spiro atoms. The van der Waals surface area contributed by atoms with Crippen molar-refractivity contribution < 1.29 is 8.42 Å². The van der Waals surface area contributed by atoms with E-state index in [1.54, 1.807) is 18.3 Å². The minimum atomic E-state index is -3.59. The molecule has 26 heavy (non-hydrogen) atoms. The molecule has 1 saturated heterocycles. The summed E-state index contributed by atoms with van der Waals surface area (Å²) in [5, 5.41) is 0.690. The fraction of sp³-hybridized carbons (Fsp3) is 0.263. The van der Waals surface area contributed by atoms with Crippen LogP contribution >= 0.6 is 15.9 Å². The van der Waals surface area contributed by atoms with E-state index in [-0.39, 0.29) is 0 Å². The van der Waals surface area contributed by atoms with Crippen molar-refractivity contribution >= 4 is 42.4 Å². The summed E-state index contributed by atoms with van der Waals surface area (Å²) in [5.41, 5.74) is 1.86. The van der Waals surface area contributed by atoms with Crippen molar-refractivity contribution in [3.63, 3.8) is 0 Å². The van der Waals surface area contributed by atoms with Gasteiger partial charge in [-0.25, -0.2) is 8.42 Å². The van der Waals surface area contributed by atoms with E-state index in [1.807, 2.05) is 30.3 Å². The highest BCUT2D eigenvalue weighted by Crippen LogP contribution is 2.33. The van der Waals surface area contributed by atoms with Crippen LogP contribution in [-0.2, 0) is 9.84 Å². The molecule has 1 aromatic heterocycles. The molecule has 0 saturated carbocycles. The molecule has 2 aromatic carbocycles. The average Bonchev–Trinajstić information content (AvgIpc) is 3.09. The molecule has 1 aliphatic heterocycles. The van der Waals surface area contributed by atoms with Crippen molar-refractivity contribution in [2.45, 2.75) is 9.79 Å². The smallest absolute Gasteiger partial charge is 0.208 e. The van der Waals surface area contributed by atoms with Gasteiger partial charge in [-0.3, -0.25) is 0 Å². The Labute approximate surface area is 161 Å². The minimum Gasteiger partial charge on any atom is -0.369 e. The number of anilines is 1. The lowest BCUT2D eigenvalue weighted by atomic mass is 10.2. The van der Waals surface area contributed by atoms with Crippen LogP contribution in [0.2, 0.25) is 0 Å². The van der Waals surface area contributed by atoms with Crippen molar-refractivity contribution in [1.82, 2.24) is 9.88 Å². The van der Waals surface area contributed by atoms with Gasteiger partial charge in [0.15, 0.2) is 0 Å². The van der Waals surface area contributed by atoms with Crippen LogP contribution in [0.1, 0.15) is 0 Å². The van der Waals surface area contributed by atoms with E-state index in [4.69, 9.17) is 0 Å². The number of nitrogens with zero attached hydrogens (tertiary/aromatic N) is 2. The van der Waals surface area contributed by atoms with E-state index in [0.717, 1.165) is 41.9 Å². The SMILES string of the molecule is CN1CCN(c2ccc(S(=O)(=O)c3c[nH]c4cccc(Br)c34)cc2)CC1. The number of sulfone groups is 1. The fourth-order valence-corrected chi connectivity index (χ4v) is 5.51. The lowest BCUT2D eigenvalue weighted by Crippen LogP contribution is -2.44. The molecule has 5 nitrogen and oxygen atoms in total. The third-order valence-electron chi connectivity index (χ3n) is 4.92. The molecule has 3 aromatic rings.